The monoisotopic (exact) mass is 284 g/mol. The standard InChI is InChI=1S/C18H20O3/c1-11-9-13(3)15(10-12(11)2)17(19)14-7-6-8-16(20-4)18(14)21-5/h6-10H,1-5H3. The lowest BCUT2D eigenvalue weighted by Gasteiger charge is -2.14. The molecule has 0 unspecified atom stereocenters. The van der Waals surface area contributed by atoms with Crippen LogP contribution in [0.25, 0.3) is 0 Å². The van der Waals surface area contributed by atoms with Gasteiger partial charge in [-0.1, -0.05) is 12.1 Å². The van der Waals surface area contributed by atoms with Crippen LogP contribution >= 0.6 is 0 Å². The molecule has 2 aromatic carbocycles. The zero-order chi connectivity index (χ0) is 15.6. The number of ether oxygens (including phenoxy) is 2. The zero-order valence-corrected chi connectivity index (χ0v) is 13.1. The van der Waals surface area contributed by atoms with Crippen LogP contribution in [-0.4, -0.2) is 20.0 Å². The maximum Gasteiger partial charge on any atom is 0.197 e. The second-order valence-electron chi connectivity index (χ2n) is 5.12. The van der Waals surface area contributed by atoms with Crippen LogP contribution < -0.4 is 9.47 Å². The Labute approximate surface area is 125 Å². The highest BCUT2D eigenvalue weighted by atomic mass is 16.5. The van der Waals surface area contributed by atoms with Crippen molar-refractivity contribution in [2.75, 3.05) is 14.2 Å². The summed E-state index contributed by atoms with van der Waals surface area (Å²) in [4.78, 5) is 12.8. The summed E-state index contributed by atoms with van der Waals surface area (Å²) in [5.74, 6) is 0.985. The van der Waals surface area contributed by atoms with Gasteiger partial charge in [0, 0.05) is 5.56 Å². The molecule has 0 saturated carbocycles. The fourth-order valence-corrected chi connectivity index (χ4v) is 2.42. The Hall–Kier alpha value is -2.29. The molecule has 0 saturated heterocycles. The van der Waals surface area contributed by atoms with E-state index in [1.54, 1.807) is 32.4 Å². The van der Waals surface area contributed by atoms with Gasteiger partial charge in [0.25, 0.3) is 0 Å². The van der Waals surface area contributed by atoms with E-state index in [0.29, 0.717) is 22.6 Å². The van der Waals surface area contributed by atoms with E-state index in [4.69, 9.17) is 9.47 Å². The van der Waals surface area contributed by atoms with Crippen molar-refractivity contribution >= 4 is 5.78 Å². The van der Waals surface area contributed by atoms with E-state index in [1.165, 1.54) is 5.56 Å². The molecule has 2 rings (SSSR count). The summed E-state index contributed by atoms with van der Waals surface area (Å²) in [5.41, 5.74) is 4.47. The molecule has 2 aromatic rings. The van der Waals surface area contributed by atoms with Gasteiger partial charge in [-0.2, -0.15) is 0 Å². The summed E-state index contributed by atoms with van der Waals surface area (Å²) in [6, 6.07) is 9.31. The van der Waals surface area contributed by atoms with Crippen LogP contribution in [0, 0.1) is 20.8 Å². The molecule has 0 atom stereocenters. The largest absolute Gasteiger partial charge is 0.493 e. The topological polar surface area (TPSA) is 35.5 Å². The summed E-state index contributed by atoms with van der Waals surface area (Å²) in [6.45, 7) is 6.00. The molecular weight excluding hydrogens is 264 g/mol. The lowest BCUT2D eigenvalue weighted by molar-refractivity contribution is 0.103. The predicted molar refractivity (Wildman–Crippen MR) is 83.6 cm³/mol. The van der Waals surface area contributed by atoms with Gasteiger partial charge in [-0.25, -0.2) is 0 Å². The third-order valence-electron chi connectivity index (χ3n) is 3.73. The fraction of sp³-hybridized carbons (Fsp3) is 0.278. The summed E-state index contributed by atoms with van der Waals surface area (Å²) >= 11 is 0. The average molecular weight is 284 g/mol. The van der Waals surface area contributed by atoms with Gasteiger partial charge in [0.1, 0.15) is 0 Å². The summed E-state index contributed by atoms with van der Waals surface area (Å²) in [5, 5.41) is 0. The van der Waals surface area contributed by atoms with Crippen molar-refractivity contribution in [3.63, 3.8) is 0 Å². The third kappa shape index (κ3) is 2.77. The maximum atomic E-state index is 12.8. The Morgan fingerprint density at radius 3 is 2.14 bits per heavy atom. The smallest absolute Gasteiger partial charge is 0.197 e. The van der Waals surface area contributed by atoms with Crippen molar-refractivity contribution in [2.45, 2.75) is 20.8 Å². The van der Waals surface area contributed by atoms with Gasteiger partial charge in [-0.15, -0.1) is 0 Å². The second kappa shape index (κ2) is 6.00. The molecule has 0 radical (unpaired) electrons. The van der Waals surface area contributed by atoms with Gasteiger partial charge >= 0.3 is 0 Å². The molecule has 0 amide bonds. The Morgan fingerprint density at radius 2 is 1.52 bits per heavy atom. The van der Waals surface area contributed by atoms with E-state index in [2.05, 4.69) is 0 Å². The molecule has 0 N–H and O–H groups in total. The van der Waals surface area contributed by atoms with Crippen molar-refractivity contribution < 1.29 is 14.3 Å². The van der Waals surface area contributed by atoms with E-state index in [-0.39, 0.29) is 5.78 Å². The molecule has 0 aliphatic rings. The number of ketones is 1. The number of carbonyl (C=O) groups is 1. The molecule has 0 spiro atoms. The Bertz CT molecular complexity index is 687. The van der Waals surface area contributed by atoms with E-state index in [1.807, 2.05) is 32.9 Å². The number of aryl methyl sites for hydroxylation is 3. The molecule has 21 heavy (non-hydrogen) atoms. The lowest BCUT2D eigenvalue weighted by Crippen LogP contribution is -2.07. The minimum absolute atomic E-state index is 0.0497. The van der Waals surface area contributed by atoms with Crippen LogP contribution in [-0.2, 0) is 0 Å². The molecule has 0 aliphatic heterocycles. The zero-order valence-electron chi connectivity index (χ0n) is 13.1. The van der Waals surface area contributed by atoms with Gasteiger partial charge in [0.15, 0.2) is 17.3 Å². The highest BCUT2D eigenvalue weighted by Crippen LogP contribution is 2.33. The van der Waals surface area contributed by atoms with Crippen LogP contribution in [0.15, 0.2) is 30.3 Å². The molecule has 0 aliphatic carbocycles. The third-order valence-corrected chi connectivity index (χ3v) is 3.73. The molecule has 0 fully saturated rings. The van der Waals surface area contributed by atoms with Crippen molar-refractivity contribution in [1.82, 2.24) is 0 Å². The van der Waals surface area contributed by atoms with Crippen molar-refractivity contribution in [2.24, 2.45) is 0 Å². The van der Waals surface area contributed by atoms with Gasteiger partial charge in [0.05, 0.1) is 19.8 Å². The highest BCUT2D eigenvalue weighted by Gasteiger charge is 2.19. The van der Waals surface area contributed by atoms with Crippen LogP contribution in [0.5, 0.6) is 11.5 Å². The van der Waals surface area contributed by atoms with Crippen molar-refractivity contribution in [1.29, 1.82) is 0 Å². The quantitative estimate of drug-likeness (QED) is 0.800. The molecule has 3 nitrogen and oxygen atoms in total. The van der Waals surface area contributed by atoms with Crippen LogP contribution in [0.3, 0.4) is 0 Å². The van der Waals surface area contributed by atoms with E-state index < -0.39 is 0 Å². The van der Waals surface area contributed by atoms with Crippen molar-refractivity contribution in [3.05, 3.63) is 58.1 Å². The molecule has 110 valence electrons. The number of hydrogen-bond acceptors (Lipinski definition) is 3. The number of benzene rings is 2. The normalized spacial score (nSPS) is 10.3. The van der Waals surface area contributed by atoms with Gasteiger partial charge < -0.3 is 9.47 Å². The van der Waals surface area contributed by atoms with Crippen LogP contribution in [0.2, 0.25) is 0 Å². The average Bonchev–Trinajstić information content (AvgIpc) is 2.49. The molecular formula is C18H20O3. The predicted octanol–water partition coefficient (Wildman–Crippen LogP) is 3.86. The number of para-hydroxylation sites is 1. The SMILES string of the molecule is COc1cccc(C(=O)c2cc(C)c(C)cc2C)c1OC. The number of methoxy groups -OCH3 is 2. The molecule has 0 bridgehead atoms. The molecule has 3 heteroatoms. The Morgan fingerprint density at radius 1 is 0.857 bits per heavy atom. The summed E-state index contributed by atoms with van der Waals surface area (Å²) < 4.78 is 10.6. The van der Waals surface area contributed by atoms with Crippen molar-refractivity contribution in [3.8, 4) is 11.5 Å². The number of carbonyl (C=O) groups excluding carboxylic acids is 1. The van der Waals surface area contributed by atoms with E-state index in [0.717, 1.165) is 11.1 Å². The first-order valence-corrected chi connectivity index (χ1v) is 6.83. The van der Waals surface area contributed by atoms with Gasteiger partial charge in [-0.3, -0.25) is 4.79 Å². The van der Waals surface area contributed by atoms with Crippen LogP contribution in [0.1, 0.15) is 32.6 Å². The van der Waals surface area contributed by atoms with Gasteiger partial charge in [0.2, 0.25) is 0 Å². The minimum atomic E-state index is -0.0497. The lowest BCUT2D eigenvalue weighted by atomic mass is 9.94. The summed E-state index contributed by atoms with van der Waals surface area (Å²) in [7, 11) is 3.11. The number of rotatable bonds is 4. The van der Waals surface area contributed by atoms with Crippen LogP contribution in [0.4, 0.5) is 0 Å². The van der Waals surface area contributed by atoms with E-state index in [9.17, 15) is 4.79 Å². The van der Waals surface area contributed by atoms with Gasteiger partial charge in [-0.05, 0) is 55.7 Å². The highest BCUT2D eigenvalue weighted by molar-refractivity contribution is 6.12. The second-order valence-corrected chi connectivity index (χ2v) is 5.12. The molecule has 0 aromatic heterocycles. The Balaban J connectivity index is 2.58. The first kappa shape index (κ1) is 15.1. The fourth-order valence-electron chi connectivity index (χ4n) is 2.42. The maximum absolute atomic E-state index is 12.8. The number of hydrogen-bond donors (Lipinski definition) is 0. The molecule has 0 heterocycles. The first-order chi connectivity index (χ1) is 9.99. The minimum Gasteiger partial charge on any atom is -0.493 e. The summed E-state index contributed by atoms with van der Waals surface area (Å²) in [6.07, 6.45) is 0. The van der Waals surface area contributed by atoms with E-state index >= 15 is 0 Å². The Kier molecular flexibility index (Phi) is 4.32. The first-order valence-electron chi connectivity index (χ1n) is 6.83.